The van der Waals surface area contributed by atoms with Crippen molar-refractivity contribution in [3.63, 3.8) is 0 Å². The topological polar surface area (TPSA) is 64.9 Å². The molecule has 1 atom stereocenters. The van der Waals surface area contributed by atoms with Crippen molar-refractivity contribution in [1.82, 2.24) is 25.1 Å². The SMILES string of the molecule is C[C@@H](NCc1cccc(OCc2ccccn2)c1)c1ccc(-n2cncn2)cc1. The number of nitrogens with one attached hydrogen (secondary N) is 1. The van der Waals surface area contributed by atoms with Gasteiger partial charge in [0.2, 0.25) is 0 Å². The van der Waals surface area contributed by atoms with Crippen molar-refractivity contribution in [2.45, 2.75) is 26.1 Å². The molecule has 0 aliphatic heterocycles. The number of ether oxygens (including phenoxy) is 1. The van der Waals surface area contributed by atoms with Crippen LogP contribution in [0.2, 0.25) is 0 Å². The van der Waals surface area contributed by atoms with E-state index in [4.69, 9.17) is 4.74 Å². The van der Waals surface area contributed by atoms with Crippen molar-refractivity contribution in [2.75, 3.05) is 0 Å². The lowest BCUT2D eigenvalue weighted by Crippen LogP contribution is -2.18. The lowest BCUT2D eigenvalue weighted by atomic mass is 10.1. The highest BCUT2D eigenvalue weighted by molar-refractivity contribution is 5.34. The molecule has 6 nitrogen and oxygen atoms in total. The Kier molecular flexibility index (Phi) is 5.92. The Morgan fingerprint density at radius 3 is 2.69 bits per heavy atom. The molecule has 0 saturated heterocycles. The first-order valence-electron chi connectivity index (χ1n) is 9.58. The number of pyridine rings is 1. The summed E-state index contributed by atoms with van der Waals surface area (Å²) in [6, 6.07) is 22.5. The summed E-state index contributed by atoms with van der Waals surface area (Å²) in [6.07, 6.45) is 5.00. The lowest BCUT2D eigenvalue weighted by Gasteiger charge is -2.15. The van der Waals surface area contributed by atoms with E-state index in [2.05, 4.69) is 51.6 Å². The maximum atomic E-state index is 5.87. The Labute approximate surface area is 170 Å². The van der Waals surface area contributed by atoms with Gasteiger partial charge in [-0.05, 0) is 54.4 Å². The van der Waals surface area contributed by atoms with Crippen molar-refractivity contribution in [1.29, 1.82) is 0 Å². The Balaban J connectivity index is 1.32. The van der Waals surface area contributed by atoms with Crippen LogP contribution in [0.5, 0.6) is 5.75 Å². The number of benzene rings is 2. The van der Waals surface area contributed by atoms with E-state index in [0.29, 0.717) is 6.61 Å². The maximum Gasteiger partial charge on any atom is 0.138 e. The smallest absolute Gasteiger partial charge is 0.138 e. The fourth-order valence-electron chi connectivity index (χ4n) is 3.03. The highest BCUT2D eigenvalue weighted by Crippen LogP contribution is 2.18. The van der Waals surface area contributed by atoms with Crippen molar-refractivity contribution in [3.8, 4) is 11.4 Å². The number of hydrogen-bond donors (Lipinski definition) is 1. The van der Waals surface area contributed by atoms with Gasteiger partial charge in [0.25, 0.3) is 0 Å². The molecule has 0 fully saturated rings. The van der Waals surface area contributed by atoms with E-state index in [-0.39, 0.29) is 6.04 Å². The molecule has 0 spiro atoms. The van der Waals surface area contributed by atoms with Gasteiger partial charge in [-0.1, -0.05) is 30.3 Å². The molecule has 2 aromatic carbocycles. The van der Waals surface area contributed by atoms with Crippen molar-refractivity contribution in [2.24, 2.45) is 0 Å². The van der Waals surface area contributed by atoms with Crippen molar-refractivity contribution in [3.05, 3.63) is 102 Å². The second-order valence-electron chi connectivity index (χ2n) is 6.79. The first-order chi connectivity index (χ1) is 14.3. The third-order valence-electron chi connectivity index (χ3n) is 4.70. The van der Waals surface area contributed by atoms with Gasteiger partial charge in [0.05, 0.1) is 11.4 Å². The number of rotatable bonds is 8. The summed E-state index contributed by atoms with van der Waals surface area (Å²) in [6.45, 7) is 3.38. The largest absolute Gasteiger partial charge is 0.487 e. The van der Waals surface area contributed by atoms with Gasteiger partial charge in [-0.15, -0.1) is 0 Å². The van der Waals surface area contributed by atoms with Crippen LogP contribution in [0.1, 0.15) is 29.8 Å². The van der Waals surface area contributed by atoms with Crippen LogP contribution in [0, 0.1) is 0 Å². The van der Waals surface area contributed by atoms with E-state index < -0.39 is 0 Å². The molecule has 2 aromatic heterocycles. The molecule has 146 valence electrons. The van der Waals surface area contributed by atoms with Gasteiger partial charge in [-0.3, -0.25) is 4.98 Å². The van der Waals surface area contributed by atoms with Crippen LogP contribution < -0.4 is 10.1 Å². The molecule has 0 bridgehead atoms. The highest BCUT2D eigenvalue weighted by Gasteiger charge is 2.06. The minimum atomic E-state index is 0.220. The third-order valence-corrected chi connectivity index (χ3v) is 4.70. The van der Waals surface area contributed by atoms with Crippen molar-refractivity contribution >= 4 is 0 Å². The second-order valence-corrected chi connectivity index (χ2v) is 6.79. The van der Waals surface area contributed by atoms with Crippen LogP contribution in [-0.2, 0) is 13.2 Å². The Hall–Kier alpha value is -3.51. The molecule has 0 unspecified atom stereocenters. The molecule has 4 aromatic rings. The van der Waals surface area contributed by atoms with E-state index in [0.717, 1.165) is 23.7 Å². The summed E-state index contributed by atoms with van der Waals surface area (Å²) in [5.74, 6) is 0.847. The summed E-state index contributed by atoms with van der Waals surface area (Å²) in [5.41, 5.74) is 4.31. The van der Waals surface area contributed by atoms with Crippen LogP contribution in [0.3, 0.4) is 0 Å². The van der Waals surface area contributed by atoms with E-state index in [1.54, 1.807) is 17.2 Å². The summed E-state index contributed by atoms with van der Waals surface area (Å²) < 4.78 is 7.62. The average Bonchev–Trinajstić information content (AvgIpc) is 3.32. The molecule has 0 aliphatic carbocycles. The molecule has 0 amide bonds. The molecular formula is C23H23N5O. The number of hydrogen-bond acceptors (Lipinski definition) is 5. The highest BCUT2D eigenvalue weighted by atomic mass is 16.5. The quantitative estimate of drug-likeness (QED) is 0.495. The van der Waals surface area contributed by atoms with Gasteiger partial charge in [0.1, 0.15) is 25.0 Å². The zero-order valence-electron chi connectivity index (χ0n) is 16.3. The van der Waals surface area contributed by atoms with Gasteiger partial charge >= 0.3 is 0 Å². The zero-order chi connectivity index (χ0) is 19.9. The summed E-state index contributed by atoms with van der Waals surface area (Å²) in [4.78, 5) is 8.27. The lowest BCUT2D eigenvalue weighted by molar-refractivity contribution is 0.301. The third kappa shape index (κ3) is 5.06. The first kappa shape index (κ1) is 18.8. The molecular weight excluding hydrogens is 362 g/mol. The molecule has 4 rings (SSSR count). The first-order valence-corrected chi connectivity index (χ1v) is 9.58. The number of aromatic nitrogens is 4. The standard InChI is InChI=1S/C23H23N5O/c1-18(20-8-10-22(11-9-20)28-17-24-16-27-28)26-14-19-5-4-7-23(13-19)29-15-21-6-2-3-12-25-21/h2-13,16-18,26H,14-15H2,1H3/t18-/m1/s1. The Morgan fingerprint density at radius 1 is 1.03 bits per heavy atom. The Bertz CT molecular complexity index is 1020. The molecule has 0 radical (unpaired) electrons. The predicted octanol–water partition coefficient (Wildman–Crippen LogP) is 4.09. The van der Waals surface area contributed by atoms with Gasteiger partial charge < -0.3 is 10.1 Å². The van der Waals surface area contributed by atoms with Gasteiger partial charge in [0, 0.05) is 18.8 Å². The number of nitrogens with zero attached hydrogens (tertiary/aromatic N) is 4. The Morgan fingerprint density at radius 2 is 1.93 bits per heavy atom. The normalized spacial score (nSPS) is 11.9. The maximum absolute atomic E-state index is 5.87. The van der Waals surface area contributed by atoms with E-state index in [9.17, 15) is 0 Å². The fraction of sp³-hybridized carbons (Fsp3) is 0.174. The second kappa shape index (κ2) is 9.12. The summed E-state index contributed by atoms with van der Waals surface area (Å²) in [5, 5.41) is 7.72. The molecule has 29 heavy (non-hydrogen) atoms. The van der Waals surface area contributed by atoms with Gasteiger partial charge in [-0.2, -0.15) is 5.10 Å². The summed E-state index contributed by atoms with van der Waals surface area (Å²) in [7, 11) is 0. The molecule has 6 heteroatoms. The minimum absolute atomic E-state index is 0.220. The van der Waals surface area contributed by atoms with Crippen LogP contribution in [0.15, 0.2) is 85.6 Å². The summed E-state index contributed by atoms with van der Waals surface area (Å²) >= 11 is 0. The average molecular weight is 385 g/mol. The van der Waals surface area contributed by atoms with Crippen LogP contribution in [0.4, 0.5) is 0 Å². The predicted molar refractivity (Wildman–Crippen MR) is 112 cm³/mol. The van der Waals surface area contributed by atoms with E-state index in [1.165, 1.54) is 17.5 Å². The van der Waals surface area contributed by atoms with Crippen LogP contribution >= 0.6 is 0 Å². The van der Waals surface area contributed by atoms with E-state index in [1.807, 2.05) is 42.5 Å². The molecule has 2 heterocycles. The molecule has 0 saturated carbocycles. The van der Waals surface area contributed by atoms with Gasteiger partial charge in [0.15, 0.2) is 0 Å². The fourth-order valence-corrected chi connectivity index (χ4v) is 3.03. The zero-order valence-corrected chi connectivity index (χ0v) is 16.3. The molecule has 1 N–H and O–H groups in total. The minimum Gasteiger partial charge on any atom is -0.487 e. The van der Waals surface area contributed by atoms with E-state index >= 15 is 0 Å². The monoisotopic (exact) mass is 385 g/mol. The van der Waals surface area contributed by atoms with Gasteiger partial charge in [-0.25, -0.2) is 9.67 Å². The van der Waals surface area contributed by atoms with Crippen LogP contribution in [-0.4, -0.2) is 19.7 Å². The molecule has 0 aliphatic rings. The van der Waals surface area contributed by atoms with Crippen molar-refractivity contribution < 1.29 is 4.74 Å². The van der Waals surface area contributed by atoms with Crippen LogP contribution in [0.25, 0.3) is 5.69 Å².